The molecule has 1 heterocycles. The first-order valence-corrected chi connectivity index (χ1v) is 3.49. The predicted molar refractivity (Wildman–Crippen MR) is 41.7 cm³/mol. The van der Waals surface area contributed by atoms with Gasteiger partial charge in [-0.05, 0) is 12.1 Å². The molecule has 0 bridgehead atoms. The number of carbonyl (C=O) groups excluding carboxylic acids is 1. The molecular weight excluding hydrogens is 158 g/mol. The first-order chi connectivity index (χ1) is 5.77. The second kappa shape index (κ2) is 2.41. The number of cyclic esters (lactones) is 1. The van der Waals surface area contributed by atoms with E-state index in [2.05, 4.69) is 4.74 Å². The van der Waals surface area contributed by atoms with Crippen molar-refractivity contribution in [1.29, 1.82) is 0 Å². The maximum atomic E-state index is 10.7. The van der Waals surface area contributed by atoms with E-state index < -0.39 is 6.16 Å². The number of hydrogen-bond donors (Lipinski definition) is 1. The molecule has 1 aliphatic rings. The number of benzene rings is 1. The van der Waals surface area contributed by atoms with E-state index in [9.17, 15) is 4.79 Å². The van der Waals surface area contributed by atoms with Crippen molar-refractivity contribution < 1.29 is 14.3 Å². The van der Waals surface area contributed by atoms with Gasteiger partial charge in [-0.25, -0.2) is 4.79 Å². The van der Waals surface area contributed by atoms with Gasteiger partial charge >= 0.3 is 6.16 Å². The fourth-order valence-electron chi connectivity index (χ4n) is 1.08. The van der Waals surface area contributed by atoms with Crippen LogP contribution in [-0.2, 0) is 11.3 Å². The van der Waals surface area contributed by atoms with E-state index >= 15 is 0 Å². The highest BCUT2D eigenvalue weighted by atomic mass is 16.7. The molecule has 0 atom stereocenters. The minimum Gasteiger partial charge on any atom is -0.429 e. The van der Waals surface area contributed by atoms with E-state index in [4.69, 9.17) is 10.5 Å². The number of nitrogen functional groups attached to an aromatic ring is 1. The van der Waals surface area contributed by atoms with Crippen LogP contribution in [0.2, 0.25) is 0 Å². The molecule has 0 fully saturated rings. The van der Waals surface area contributed by atoms with Crippen molar-refractivity contribution in [3.8, 4) is 5.75 Å². The highest BCUT2D eigenvalue weighted by Gasteiger charge is 2.19. The van der Waals surface area contributed by atoms with E-state index in [0.717, 1.165) is 5.56 Å². The van der Waals surface area contributed by atoms with Crippen LogP contribution in [-0.4, -0.2) is 6.16 Å². The molecule has 4 nitrogen and oxygen atoms in total. The summed E-state index contributed by atoms with van der Waals surface area (Å²) in [6.07, 6.45) is -0.673. The van der Waals surface area contributed by atoms with Gasteiger partial charge in [-0.1, -0.05) is 6.07 Å². The normalized spacial score (nSPS) is 14.5. The summed E-state index contributed by atoms with van der Waals surface area (Å²) in [5.41, 5.74) is 6.93. The van der Waals surface area contributed by atoms with Gasteiger partial charge in [0.2, 0.25) is 0 Å². The van der Waals surface area contributed by atoms with Crippen molar-refractivity contribution in [3.05, 3.63) is 23.8 Å². The molecule has 4 heteroatoms. The third kappa shape index (κ3) is 0.972. The van der Waals surface area contributed by atoms with Crippen molar-refractivity contribution in [2.45, 2.75) is 6.61 Å². The predicted octanol–water partition coefficient (Wildman–Crippen LogP) is 1.30. The zero-order chi connectivity index (χ0) is 8.55. The Morgan fingerprint density at radius 2 is 2.25 bits per heavy atom. The Morgan fingerprint density at radius 1 is 1.42 bits per heavy atom. The lowest BCUT2D eigenvalue weighted by Gasteiger charge is -2.16. The maximum absolute atomic E-state index is 10.7. The molecule has 0 aliphatic carbocycles. The summed E-state index contributed by atoms with van der Waals surface area (Å²) in [5, 5.41) is 0. The molecule has 1 aromatic carbocycles. The highest BCUT2D eigenvalue weighted by Crippen LogP contribution is 2.28. The van der Waals surface area contributed by atoms with E-state index in [1.165, 1.54) is 0 Å². The lowest BCUT2D eigenvalue weighted by Crippen LogP contribution is -2.18. The largest absolute Gasteiger partial charge is 0.514 e. The van der Waals surface area contributed by atoms with Gasteiger partial charge < -0.3 is 15.2 Å². The highest BCUT2D eigenvalue weighted by molar-refractivity contribution is 5.69. The topological polar surface area (TPSA) is 61.5 Å². The van der Waals surface area contributed by atoms with E-state index in [-0.39, 0.29) is 6.61 Å². The van der Waals surface area contributed by atoms with Crippen LogP contribution in [0.15, 0.2) is 18.2 Å². The number of ether oxygens (including phenoxy) is 2. The Labute approximate surface area is 68.9 Å². The Morgan fingerprint density at radius 3 is 3.08 bits per heavy atom. The minimum absolute atomic E-state index is 0.195. The summed E-state index contributed by atoms with van der Waals surface area (Å²) >= 11 is 0. The summed E-state index contributed by atoms with van der Waals surface area (Å²) in [7, 11) is 0. The third-order valence-corrected chi connectivity index (χ3v) is 1.70. The van der Waals surface area contributed by atoms with Gasteiger partial charge in [0.05, 0.1) is 5.56 Å². The van der Waals surface area contributed by atoms with E-state index in [1.807, 2.05) is 0 Å². The summed E-state index contributed by atoms with van der Waals surface area (Å²) in [6.45, 7) is 0.195. The summed E-state index contributed by atoms with van der Waals surface area (Å²) in [4.78, 5) is 10.7. The molecule has 0 saturated heterocycles. The average Bonchev–Trinajstić information content (AvgIpc) is 2.04. The van der Waals surface area contributed by atoms with E-state index in [1.54, 1.807) is 18.2 Å². The number of anilines is 1. The zero-order valence-corrected chi connectivity index (χ0v) is 6.24. The lowest BCUT2D eigenvalue weighted by atomic mass is 10.1. The smallest absolute Gasteiger partial charge is 0.429 e. The standard InChI is InChI=1S/C8H7NO3/c9-6-2-1-3-7-5(6)4-11-8(10)12-7/h1-3H,4,9H2. The maximum Gasteiger partial charge on any atom is 0.514 e. The van der Waals surface area contributed by atoms with Gasteiger partial charge in [0.15, 0.2) is 0 Å². The molecule has 2 rings (SSSR count). The van der Waals surface area contributed by atoms with Gasteiger partial charge in [-0.15, -0.1) is 0 Å². The van der Waals surface area contributed by atoms with Crippen LogP contribution in [0.1, 0.15) is 5.56 Å². The van der Waals surface area contributed by atoms with Crippen molar-refractivity contribution in [2.24, 2.45) is 0 Å². The molecule has 12 heavy (non-hydrogen) atoms. The number of nitrogens with two attached hydrogens (primary N) is 1. The number of hydrogen-bond acceptors (Lipinski definition) is 4. The Balaban J connectivity index is 2.48. The monoisotopic (exact) mass is 165 g/mol. The van der Waals surface area contributed by atoms with Crippen LogP contribution < -0.4 is 10.5 Å². The molecule has 0 spiro atoms. The van der Waals surface area contributed by atoms with Crippen LogP contribution in [0.3, 0.4) is 0 Å². The van der Waals surface area contributed by atoms with Crippen LogP contribution in [0.4, 0.5) is 10.5 Å². The summed E-state index contributed by atoms with van der Waals surface area (Å²) in [6, 6.07) is 5.15. The first-order valence-electron chi connectivity index (χ1n) is 3.49. The SMILES string of the molecule is Nc1cccc2c1COC(=O)O2. The number of carbonyl (C=O) groups is 1. The summed E-state index contributed by atoms with van der Waals surface area (Å²) in [5.74, 6) is 0.492. The fourth-order valence-corrected chi connectivity index (χ4v) is 1.08. The molecule has 2 N–H and O–H groups in total. The van der Waals surface area contributed by atoms with Gasteiger partial charge in [0.1, 0.15) is 12.4 Å². The van der Waals surface area contributed by atoms with Gasteiger partial charge in [0, 0.05) is 5.69 Å². The van der Waals surface area contributed by atoms with Gasteiger partial charge in [0.25, 0.3) is 0 Å². The van der Waals surface area contributed by atoms with Crippen molar-refractivity contribution >= 4 is 11.8 Å². The Bertz CT molecular complexity index is 335. The van der Waals surface area contributed by atoms with Crippen molar-refractivity contribution in [2.75, 3.05) is 5.73 Å². The fraction of sp³-hybridized carbons (Fsp3) is 0.125. The quantitative estimate of drug-likeness (QED) is 0.357. The molecule has 0 saturated carbocycles. The van der Waals surface area contributed by atoms with Crippen molar-refractivity contribution in [3.63, 3.8) is 0 Å². The molecule has 62 valence electrons. The summed E-state index contributed by atoms with van der Waals surface area (Å²) < 4.78 is 9.42. The molecular formula is C8H7NO3. The van der Waals surface area contributed by atoms with Gasteiger partial charge in [-0.2, -0.15) is 0 Å². The zero-order valence-electron chi connectivity index (χ0n) is 6.24. The van der Waals surface area contributed by atoms with E-state index in [0.29, 0.717) is 11.4 Å². The first kappa shape index (κ1) is 6.97. The van der Waals surface area contributed by atoms with Crippen LogP contribution in [0, 0.1) is 0 Å². The average molecular weight is 165 g/mol. The minimum atomic E-state index is -0.673. The second-order valence-electron chi connectivity index (χ2n) is 2.46. The van der Waals surface area contributed by atoms with Gasteiger partial charge in [-0.3, -0.25) is 0 Å². The van der Waals surface area contributed by atoms with Crippen LogP contribution in [0.25, 0.3) is 0 Å². The molecule has 1 aromatic rings. The van der Waals surface area contributed by atoms with Crippen molar-refractivity contribution in [1.82, 2.24) is 0 Å². The second-order valence-corrected chi connectivity index (χ2v) is 2.46. The van der Waals surface area contributed by atoms with Crippen LogP contribution >= 0.6 is 0 Å². The molecule has 0 aromatic heterocycles. The third-order valence-electron chi connectivity index (χ3n) is 1.70. The Hall–Kier alpha value is -1.71. The Kier molecular flexibility index (Phi) is 1.40. The number of fused-ring (bicyclic) bond motifs is 1. The molecule has 0 amide bonds. The molecule has 0 radical (unpaired) electrons. The molecule has 0 unspecified atom stereocenters. The molecule has 1 aliphatic heterocycles. The lowest BCUT2D eigenvalue weighted by molar-refractivity contribution is 0.0789. The number of rotatable bonds is 0. The van der Waals surface area contributed by atoms with Crippen LogP contribution in [0.5, 0.6) is 5.75 Å².